The molecule has 1 aromatic heterocycles. The molecule has 2 radical (unpaired) electrons. The number of ether oxygens (including phenoxy) is 2. The van der Waals surface area contributed by atoms with Gasteiger partial charge in [-0.15, -0.1) is 11.3 Å². The molecule has 11 heteroatoms. The molecule has 2 rings (SSSR count). The lowest BCUT2D eigenvalue weighted by Crippen LogP contribution is -2.60. The van der Waals surface area contributed by atoms with E-state index >= 15 is 0 Å². The predicted molar refractivity (Wildman–Crippen MR) is 104 cm³/mol. The summed E-state index contributed by atoms with van der Waals surface area (Å²) >= 11 is 1.30. The lowest BCUT2D eigenvalue weighted by Gasteiger charge is -2.34. The number of hydrazine groups is 1. The standard InChI is InChI=1S/C17H25BN4O5S/c1-17(2,3)27-16(25)19-11(8-13-20-12(18)9-28-13)14(23)22-7-5-6-10(21-22)15(24)26-4/h9-11,21H,5-8H2,1-4H3,(H,19,25)/t10-,11-/m0/s1. The van der Waals surface area contributed by atoms with E-state index in [1.54, 1.807) is 26.2 Å². The highest BCUT2D eigenvalue weighted by atomic mass is 32.1. The fourth-order valence-electron chi connectivity index (χ4n) is 2.69. The van der Waals surface area contributed by atoms with Gasteiger partial charge in [0.05, 0.1) is 12.1 Å². The van der Waals surface area contributed by atoms with E-state index in [2.05, 4.69) is 15.7 Å². The summed E-state index contributed by atoms with van der Waals surface area (Å²) < 4.78 is 10.0. The molecular formula is C17H25BN4O5S. The van der Waals surface area contributed by atoms with Crippen LogP contribution in [0.5, 0.6) is 0 Å². The molecule has 0 bridgehead atoms. The average molecular weight is 408 g/mol. The fourth-order valence-corrected chi connectivity index (χ4v) is 3.42. The molecule has 1 fully saturated rings. The van der Waals surface area contributed by atoms with Crippen LogP contribution in [0.3, 0.4) is 0 Å². The zero-order valence-corrected chi connectivity index (χ0v) is 17.3. The normalized spacial score (nSPS) is 18.3. The summed E-state index contributed by atoms with van der Waals surface area (Å²) in [6.07, 6.45) is 0.629. The van der Waals surface area contributed by atoms with Crippen LogP contribution in [0.2, 0.25) is 0 Å². The summed E-state index contributed by atoms with van der Waals surface area (Å²) in [7, 11) is 6.95. The topological polar surface area (TPSA) is 110 Å². The molecular weight excluding hydrogens is 383 g/mol. The molecule has 0 spiro atoms. The first-order valence-corrected chi connectivity index (χ1v) is 9.82. The summed E-state index contributed by atoms with van der Waals surface area (Å²) in [5, 5.41) is 6.21. The quantitative estimate of drug-likeness (QED) is 0.523. The Labute approximate surface area is 169 Å². The number of hydrogen-bond acceptors (Lipinski definition) is 8. The number of thiazole rings is 1. The van der Waals surface area contributed by atoms with Crippen molar-refractivity contribution in [1.29, 1.82) is 0 Å². The van der Waals surface area contributed by atoms with Crippen molar-refractivity contribution in [2.24, 2.45) is 0 Å². The molecule has 0 aliphatic carbocycles. The largest absolute Gasteiger partial charge is 0.468 e. The maximum Gasteiger partial charge on any atom is 0.408 e. The van der Waals surface area contributed by atoms with Gasteiger partial charge in [-0.1, -0.05) is 0 Å². The number of hydrogen-bond donors (Lipinski definition) is 2. The van der Waals surface area contributed by atoms with Crippen molar-refractivity contribution in [1.82, 2.24) is 20.7 Å². The Morgan fingerprint density at radius 3 is 2.75 bits per heavy atom. The fraction of sp³-hybridized carbons (Fsp3) is 0.647. The van der Waals surface area contributed by atoms with Crippen LogP contribution in [0.25, 0.3) is 0 Å². The molecule has 1 aliphatic heterocycles. The van der Waals surface area contributed by atoms with Crippen LogP contribution < -0.4 is 16.3 Å². The second-order valence-electron chi connectivity index (χ2n) is 7.41. The van der Waals surface area contributed by atoms with Crippen molar-refractivity contribution in [3.05, 3.63) is 10.4 Å². The number of amides is 2. The van der Waals surface area contributed by atoms with Crippen molar-refractivity contribution in [2.75, 3.05) is 13.7 Å². The van der Waals surface area contributed by atoms with Gasteiger partial charge in [0.25, 0.3) is 5.91 Å². The third-order valence-electron chi connectivity index (χ3n) is 3.88. The molecule has 0 saturated carbocycles. The average Bonchev–Trinajstić information content (AvgIpc) is 3.03. The van der Waals surface area contributed by atoms with Crippen molar-refractivity contribution in [3.8, 4) is 0 Å². The summed E-state index contributed by atoms with van der Waals surface area (Å²) in [6.45, 7) is 5.60. The molecule has 1 aliphatic rings. The highest BCUT2D eigenvalue weighted by molar-refractivity contribution is 7.10. The van der Waals surface area contributed by atoms with Gasteiger partial charge in [-0.05, 0) is 39.2 Å². The Morgan fingerprint density at radius 2 is 2.18 bits per heavy atom. The molecule has 9 nitrogen and oxygen atoms in total. The Bertz CT molecular complexity index is 721. The van der Waals surface area contributed by atoms with Crippen LogP contribution in [-0.4, -0.2) is 67.1 Å². The third kappa shape index (κ3) is 6.48. The summed E-state index contributed by atoms with van der Waals surface area (Å²) in [5.74, 6) is -0.838. The molecule has 28 heavy (non-hydrogen) atoms. The first-order valence-electron chi connectivity index (χ1n) is 8.94. The minimum absolute atomic E-state index is 0.154. The maximum absolute atomic E-state index is 13.1. The van der Waals surface area contributed by atoms with E-state index in [9.17, 15) is 14.4 Å². The van der Waals surface area contributed by atoms with Gasteiger partial charge < -0.3 is 14.8 Å². The number of aromatic nitrogens is 1. The summed E-state index contributed by atoms with van der Waals surface area (Å²) in [6, 6.07) is -1.54. The van der Waals surface area contributed by atoms with Crippen LogP contribution >= 0.6 is 11.3 Å². The van der Waals surface area contributed by atoms with Gasteiger partial charge in [0.2, 0.25) is 0 Å². The number of carbonyl (C=O) groups excluding carboxylic acids is 3. The summed E-state index contributed by atoms with van der Waals surface area (Å²) in [4.78, 5) is 41.2. The smallest absolute Gasteiger partial charge is 0.408 e. The monoisotopic (exact) mass is 408 g/mol. The third-order valence-corrected chi connectivity index (χ3v) is 4.76. The number of nitrogens with zero attached hydrogens (tertiary/aromatic N) is 2. The highest BCUT2D eigenvalue weighted by Gasteiger charge is 2.34. The Morgan fingerprint density at radius 1 is 1.46 bits per heavy atom. The predicted octanol–water partition coefficient (Wildman–Crippen LogP) is 0.0413. The molecule has 152 valence electrons. The van der Waals surface area contributed by atoms with E-state index in [4.69, 9.17) is 17.3 Å². The van der Waals surface area contributed by atoms with Crippen LogP contribution in [-0.2, 0) is 25.5 Å². The van der Waals surface area contributed by atoms with Crippen molar-refractivity contribution >= 4 is 42.7 Å². The first-order chi connectivity index (χ1) is 13.1. The second kappa shape index (κ2) is 9.38. The van der Waals surface area contributed by atoms with Crippen LogP contribution in [0, 0.1) is 0 Å². The van der Waals surface area contributed by atoms with E-state index in [1.165, 1.54) is 23.5 Å². The Hall–Kier alpha value is -2.14. The van der Waals surface area contributed by atoms with Crippen LogP contribution in [0.15, 0.2) is 5.38 Å². The van der Waals surface area contributed by atoms with Gasteiger partial charge in [0.15, 0.2) is 0 Å². The van der Waals surface area contributed by atoms with E-state index in [0.717, 1.165) is 0 Å². The molecule has 0 unspecified atom stereocenters. The lowest BCUT2D eigenvalue weighted by molar-refractivity contribution is -0.150. The number of carbonyl (C=O) groups is 3. The molecule has 1 saturated heterocycles. The minimum Gasteiger partial charge on any atom is -0.468 e. The first kappa shape index (κ1) is 22.2. The number of esters is 1. The lowest BCUT2D eigenvalue weighted by atomic mass is 10.1. The minimum atomic E-state index is -0.927. The van der Waals surface area contributed by atoms with Crippen molar-refractivity contribution in [2.45, 2.75) is 57.7 Å². The zero-order valence-electron chi connectivity index (χ0n) is 16.5. The van der Waals surface area contributed by atoms with Gasteiger partial charge >= 0.3 is 12.1 Å². The molecule has 2 amide bonds. The molecule has 2 N–H and O–H groups in total. The number of rotatable bonds is 5. The zero-order chi connectivity index (χ0) is 20.9. The Balaban J connectivity index is 2.13. The van der Waals surface area contributed by atoms with Crippen molar-refractivity contribution < 1.29 is 23.9 Å². The second-order valence-corrected chi connectivity index (χ2v) is 8.35. The number of alkyl carbamates (subject to hydrolysis) is 1. The van der Waals surface area contributed by atoms with Gasteiger partial charge in [0, 0.05) is 18.3 Å². The van der Waals surface area contributed by atoms with Gasteiger partial charge in [-0.3, -0.25) is 19.6 Å². The maximum atomic E-state index is 13.1. The van der Waals surface area contributed by atoms with Gasteiger partial charge in [0.1, 0.15) is 25.5 Å². The Kier molecular flexibility index (Phi) is 7.42. The van der Waals surface area contributed by atoms with Crippen LogP contribution in [0.4, 0.5) is 4.79 Å². The molecule has 1 aromatic rings. The number of nitrogens with one attached hydrogen (secondary N) is 2. The highest BCUT2D eigenvalue weighted by Crippen LogP contribution is 2.14. The van der Waals surface area contributed by atoms with E-state index < -0.39 is 35.7 Å². The van der Waals surface area contributed by atoms with Crippen LogP contribution in [0.1, 0.15) is 38.6 Å². The van der Waals surface area contributed by atoms with Crippen molar-refractivity contribution in [3.63, 3.8) is 0 Å². The van der Waals surface area contributed by atoms with Gasteiger partial charge in [-0.25, -0.2) is 10.2 Å². The summed E-state index contributed by atoms with van der Waals surface area (Å²) in [5.41, 5.74) is 2.52. The van der Waals surface area contributed by atoms with E-state index in [0.29, 0.717) is 30.0 Å². The molecule has 2 atom stereocenters. The van der Waals surface area contributed by atoms with E-state index in [1.807, 2.05) is 0 Å². The number of methoxy groups -OCH3 is 1. The molecule has 0 aromatic carbocycles. The van der Waals surface area contributed by atoms with Gasteiger partial charge in [-0.2, -0.15) is 0 Å². The SMILES string of the molecule is [B]c1csc(C[C@H](NC(=O)OC(C)(C)C)C(=O)N2CCC[C@@H](C(=O)OC)N2)n1. The van der Waals surface area contributed by atoms with E-state index in [-0.39, 0.29) is 6.42 Å². The molecule has 2 heterocycles.